The Morgan fingerprint density at radius 3 is 2.19 bits per heavy atom. The maximum Gasteiger partial charge on any atom is 0.295 e. The number of hydrogen-bond donors (Lipinski definition) is 2. The number of benzene rings is 1. The van der Waals surface area contributed by atoms with Crippen LogP contribution in [0.1, 0.15) is 69.4 Å². The number of carbonyl (C=O) groups is 2. The molecule has 0 saturated carbocycles. The highest BCUT2D eigenvalue weighted by Gasteiger charge is 2.36. The van der Waals surface area contributed by atoms with Crippen LogP contribution in [0.4, 0.5) is 5.69 Å². The number of hydrogen-bond acceptors (Lipinski definition) is 4. The van der Waals surface area contributed by atoms with Gasteiger partial charge in [0.05, 0.1) is 12.0 Å². The Bertz CT molecular complexity index is 1010. The Balaban J connectivity index is 2.12. The van der Waals surface area contributed by atoms with Crippen LogP contribution in [-0.2, 0) is 10.2 Å². The molecule has 3 aromatic rings. The molecule has 0 aliphatic heterocycles. The van der Waals surface area contributed by atoms with Crippen molar-refractivity contribution in [2.24, 2.45) is 0 Å². The van der Waals surface area contributed by atoms with Crippen LogP contribution < -0.4 is 10.2 Å². The van der Waals surface area contributed by atoms with Crippen LogP contribution in [0.3, 0.4) is 0 Å². The Labute approximate surface area is 182 Å². The summed E-state index contributed by atoms with van der Waals surface area (Å²) in [4.78, 5) is 28.3. The van der Waals surface area contributed by atoms with E-state index in [0.29, 0.717) is 11.4 Å². The van der Waals surface area contributed by atoms with Gasteiger partial charge in [-0.25, -0.2) is 0 Å². The zero-order valence-electron chi connectivity index (χ0n) is 18.9. The lowest BCUT2D eigenvalue weighted by molar-refractivity contribution is -0.124. The number of aromatic amines is 1. The average Bonchev–Trinajstić information content (AvgIpc) is 3.37. The minimum atomic E-state index is -0.959. The van der Waals surface area contributed by atoms with Gasteiger partial charge in [0.2, 0.25) is 5.91 Å². The molecule has 0 aliphatic rings. The number of amides is 2. The van der Waals surface area contributed by atoms with Crippen LogP contribution in [0.5, 0.6) is 0 Å². The molecule has 0 radical (unpaired) electrons. The number of H-pyrrole nitrogens is 1. The summed E-state index contributed by atoms with van der Waals surface area (Å²) in [6, 6.07) is 11.6. The molecule has 3 rings (SSSR count). The monoisotopic (exact) mass is 422 g/mol. The van der Waals surface area contributed by atoms with Crippen LogP contribution in [0.2, 0.25) is 0 Å². The van der Waals surface area contributed by atoms with Crippen LogP contribution >= 0.6 is 0 Å². The second-order valence-corrected chi connectivity index (χ2v) is 9.60. The molecule has 1 unspecified atom stereocenters. The third kappa shape index (κ3) is 5.23. The molecule has 31 heavy (non-hydrogen) atoms. The molecule has 2 heterocycles. The topological polar surface area (TPSA) is 91.2 Å². The van der Waals surface area contributed by atoms with Gasteiger partial charge >= 0.3 is 0 Å². The molecular weight excluding hydrogens is 392 g/mol. The maximum atomic E-state index is 13.5. The van der Waals surface area contributed by atoms with Crippen molar-refractivity contribution in [1.82, 2.24) is 15.5 Å². The van der Waals surface area contributed by atoms with Crippen molar-refractivity contribution in [2.75, 3.05) is 4.90 Å². The summed E-state index contributed by atoms with van der Waals surface area (Å²) in [5, 5.41) is 9.84. The molecule has 2 aromatic heterocycles. The SMILES string of the molecule is CC(C)(C)NC(=O)C(c1ccn[nH]1)N(C(=O)c1ccco1)c1ccc(C(C)(C)C)cc1. The summed E-state index contributed by atoms with van der Waals surface area (Å²) < 4.78 is 5.38. The fourth-order valence-electron chi connectivity index (χ4n) is 3.28. The highest BCUT2D eigenvalue weighted by atomic mass is 16.3. The van der Waals surface area contributed by atoms with E-state index in [4.69, 9.17) is 4.42 Å². The smallest absolute Gasteiger partial charge is 0.295 e. The first-order valence-electron chi connectivity index (χ1n) is 10.3. The number of carbonyl (C=O) groups excluding carboxylic acids is 2. The third-order valence-corrected chi connectivity index (χ3v) is 4.78. The Morgan fingerprint density at radius 2 is 1.71 bits per heavy atom. The Morgan fingerprint density at radius 1 is 1.03 bits per heavy atom. The van der Waals surface area contributed by atoms with Crippen LogP contribution in [-0.4, -0.2) is 27.6 Å². The molecule has 0 fully saturated rings. The number of nitrogens with zero attached hydrogens (tertiary/aromatic N) is 2. The van der Waals surface area contributed by atoms with Gasteiger partial charge in [-0.2, -0.15) is 5.10 Å². The molecule has 164 valence electrons. The van der Waals surface area contributed by atoms with Crippen molar-refractivity contribution < 1.29 is 14.0 Å². The minimum absolute atomic E-state index is 0.0409. The molecule has 0 saturated heterocycles. The molecule has 2 amide bonds. The third-order valence-electron chi connectivity index (χ3n) is 4.78. The van der Waals surface area contributed by atoms with E-state index < -0.39 is 17.5 Å². The molecule has 0 bridgehead atoms. The van der Waals surface area contributed by atoms with E-state index in [1.807, 2.05) is 45.0 Å². The summed E-state index contributed by atoms with van der Waals surface area (Å²) in [6.07, 6.45) is 3.00. The van der Waals surface area contributed by atoms with Crippen molar-refractivity contribution in [1.29, 1.82) is 0 Å². The number of anilines is 1. The van der Waals surface area contributed by atoms with E-state index in [2.05, 4.69) is 36.3 Å². The van der Waals surface area contributed by atoms with E-state index in [1.165, 1.54) is 11.2 Å². The number of furan rings is 1. The van der Waals surface area contributed by atoms with Crippen molar-refractivity contribution in [3.05, 3.63) is 71.9 Å². The van der Waals surface area contributed by atoms with E-state index in [-0.39, 0.29) is 17.1 Å². The van der Waals surface area contributed by atoms with Crippen molar-refractivity contribution in [3.8, 4) is 0 Å². The Hall–Kier alpha value is -3.35. The van der Waals surface area contributed by atoms with Gasteiger partial charge in [-0.15, -0.1) is 0 Å². The standard InChI is InChI=1S/C24H30N4O3/c1-23(2,3)16-9-11-17(12-10-16)28(22(30)19-8-7-15-31-19)20(18-13-14-25-27-18)21(29)26-24(4,5)6/h7-15,20H,1-6H3,(H,25,27)(H,26,29). The average molecular weight is 423 g/mol. The van der Waals surface area contributed by atoms with Gasteiger partial charge < -0.3 is 9.73 Å². The van der Waals surface area contributed by atoms with E-state index >= 15 is 0 Å². The van der Waals surface area contributed by atoms with Gasteiger partial charge in [0, 0.05) is 17.4 Å². The predicted octanol–water partition coefficient (Wildman–Crippen LogP) is 4.60. The van der Waals surface area contributed by atoms with Gasteiger partial charge in [-0.1, -0.05) is 32.9 Å². The first-order valence-corrected chi connectivity index (χ1v) is 10.3. The van der Waals surface area contributed by atoms with Crippen LogP contribution in [0.25, 0.3) is 0 Å². The zero-order chi connectivity index (χ0) is 22.8. The quantitative estimate of drug-likeness (QED) is 0.628. The largest absolute Gasteiger partial charge is 0.459 e. The molecule has 1 atom stereocenters. The summed E-state index contributed by atoms with van der Waals surface area (Å²) in [5.41, 5.74) is 1.68. The first kappa shape index (κ1) is 22.3. The summed E-state index contributed by atoms with van der Waals surface area (Å²) in [6.45, 7) is 12.1. The minimum Gasteiger partial charge on any atom is -0.459 e. The van der Waals surface area contributed by atoms with Gasteiger partial charge in [-0.3, -0.25) is 19.6 Å². The van der Waals surface area contributed by atoms with E-state index in [1.54, 1.807) is 24.4 Å². The zero-order valence-corrected chi connectivity index (χ0v) is 18.9. The highest BCUT2D eigenvalue weighted by molar-refractivity contribution is 6.08. The molecule has 7 heteroatoms. The van der Waals surface area contributed by atoms with E-state index in [9.17, 15) is 9.59 Å². The van der Waals surface area contributed by atoms with Gasteiger partial charge in [0.15, 0.2) is 11.8 Å². The maximum absolute atomic E-state index is 13.5. The van der Waals surface area contributed by atoms with Crippen molar-refractivity contribution in [2.45, 2.75) is 58.5 Å². The fourth-order valence-corrected chi connectivity index (χ4v) is 3.28. The van der Waals surface area contributed by atoms with Gasteiger partial charge in [-0.05, 0) is 62.1 Å². The van der Waals surface area contributed by atoms with Gasteiger partial charge in [0.1, 0.15) is 0 Å². The second kappa shape index (κ2) is 8.41. The van der Waals surface area contributed by atoms with Crippen molar-refractivity contribution in [3.63, 3.8) is 0 Å². The molecular formula is C24H30N4O3. The van der Waals surface area contributed by atoms with Crippen molar-refractivity contribution >= 4 is 17.5 Å². The summed E-state index contributed by atoms with van der Waals surface area (Å²) in [7, 11) is 0. The number of aromatic nitrogens is 2. The van der Waals surface area contributed by atoms with Crippen LogP contribution in [0, 0.1) is 0 Å². The summed E-state index contributed by atoms with van der Waals surface area (Å²) >= 11 is 0. The predicted molar refractivity (Wildman–Crippen MR) is 120 cm³/mol. The molecule has 2 N–H and O–H groups in total. The first-order chi connectivity index (χ1) is 14.5. The fraction of sp³-hybridized carbons (Fsp3) is 0.375. The lowest BCUT2D eigenvalue weighted by Crippen LogP contribution is -2.49. The molecule has 0 aliphatic carbocycles. The molecule has 1 aromatic carbocycles. The lowest BCUT2D eigenvalue weighted by Gasteiger charge is -2.32. The van der Waals surface area contributed by atoms with E-state index in [0.717, 1.165) is 5.56 Å². The Kier molecular flexibility index (Phi) is 6.06. The lowest BCUT2D eigenvalue weighted by atomic mass is 9.87. The van der Waals surface area contributed by atoms with Gasteiger partial charge in [0.25, 0.3) is 5.91 Å². The normalized spacial score (nSPS) is 13.0. The molecule has 7 nitrogen and oxygen atoms in total. The summed E-state index contributed by atoms with van der Waals surface area (Å²) in [5.74, 6) is -0.596. The second-order valence-electron chi connectivity index (χ2n) is 9.60. The van der Waals surface area contributed by atoms with Crippen LogP contribution in [0.15, 0.2) is 59.3 Å². The molecule has 0 spiro atoms. The highest BCUT2D eigenvalue weighted by Crippen LogP contribution is 2.31. The number of nitrogens with one attached hydrogen (secondary N) is 2. The number of rotatable bonds is 5.